The summed E-state index contributed by atoms with van der Waals surface area (Å²) in [5.74, 6) is 0.732. The lowest BCUT2D eigenvalue weighted by atomic mass is 9.82. The third kappa shape index (κ3) is 3.77. The molecule has 0 bridgehead atoms. The van der Waals surface area contributed by atoms with Crippen molar-refractivity contribution in [2.75, 3.05) is 0 Å². The van der Waals surface area contributed by atoms with Crippen molar-refractivity contribution in [3.8, 4) is 45.0 Å². The standard InChI is InChI=1S/C35H25BrN2/c1-35(2)30-11-7-6-10-28(30)29-20-26(15-17-31(29)35)33-21-32(37-34(38-33)22-8-4-3-5-9-22)25-13-12-24-19-27(36)16-14-23(24)18-25/h3-21H,1-2H3. The number of benzene rings is 5. The largest absolute Gasteiger partial charge is 0.228 e. The van der Waals surface area contributed by atoms with E-state index >= 15 is 0 Å². The number of fused-ring (bicyclic) bond motifs is 4. The zero-order valence-electron chi connectivity index (χ0n) is 21.2. The lowest BCUT2D eigenvalue weighted by molar-refractivity contribution is 0.660. The minimum absolute atomic E-state index is 0.0173. The van der Waals surface area contributed by atoms with Gasteiger partial charge in [0.15, 0.2) is 5.82 Å². The number of halogens is 1. The molecule has 0 radical (unpaired) electrons. The third-order valence-corrected chi connectivity index (χ3v) is 8.23. The number of hydrogen-bond acceptors (Lipinski definition) is 2. The van der Waals surface area contributed by atoms with Gasteiger partial charge in [0.05, 0.1) is 11.4 Å². The topological polar surface area (TPSA) is 25.8 Å². The Morgan fingerprint density at radius 3 is 1.97 bits per heavy atom. The van der Waals surface area contributed by atoms with Crippen LogP contribution in [0.5, 0.6) is 0 Å². The van der Waals surface area contributed by atoms with Gasteiger partial charge in [-0.25, -0.2) is 9.97 Å². The van der Waals surface area contributed by atoms with Gasteiger partial charge >= 0.3 is 0 Å². The van der Waals surface area contributed by atoms with Gasteiger partial charge in [0, 0.05) is 26.6 Å². The molecule has 0 unspecified atom stereocenters. The number of hydrogen-bond donors (Lipinski definition) is 0. The molecule has 1 aliphatic carbocycles. The molecule has 0 atom stereocenters. The highest BCUT2D eigenvalue weighted by Crippen LogP contribution is 2.49. The first kappa shape index (κ1) is 23.1. The average Bonchev–Trinajstić information content (AvgIpc) is 3.19. The fourth-order valence-corrected chi connectivity index (χ4v) is 6.09. The van der Waals surface area contributed by atoms with Crippen LogP contribution in [0.25, 0.3) is 55.8 Å². The highest BCUT2D eigenvalue weighted by atomic mass is 79.9. The van der Waals surface area contributed by atoms with Crippen LogP contribution in [0.2, 0.25) is 0 Å². The van der Waals surface area contributed by atoms with Crippen LogP contribution in [0.1, 0.15) is 25.0 Å². The lowest BCUT2D eigenvalue weighted by Crippen LogP contribution is -2.14. The number of rotatable bonds is 3. The molecule has 182 valence electrons. The van der Waals surface area contributed by atoms with Crippen LogP contribution in [-0.2, 0) is 5.41 Å². The molecule has 0 fully saturated rings. The third-order valence-electron chi connectivity index (χ3n) is 7.74. The minimum atomic E-state index is -0.0173. The van der Waals surface area contributed by atoms with Crippen molar-refractivity contribution in [1.82, 2.24) is 9.97 Å². The first-order chi connectivity index (χ1) is 18.5. The van der Waals surface area contributed by atoms with Crippen LogP contribution in [0, 0.1) is 0 Å². The Labute approximate surface area is 231 Å². The molecule has 0 spiro atoms. The summed E-state index contributed by atoms with van der Waals surface area (Å²) >= 11 is 3.58. The molecular weight excluding hydrogens is 528 g/mol. The molecule has 0 aliphatic heterocycles. The van der Waals surface area contributed by atoms with Crippen molar-refractivity contribution in [2.45, 2.75) is 19.3 Å². The first-order valence-corrected chi connectivity index (χ1v) is 13.7. The van der Waals surface area contributed by atoms with E-state index < -0.39 is 0 Å². The van der Waals surface area contributed by atoms with E-state index in [1.807, 2.05) is 18.2 Å². The van der Waals surface area contributed by atoms with Gasteiger partial charge in [0.2, 0.25) is 0 Å². The van der Waals surface area contributed by atoms with Crippen LogP contribution < -0.4 is 0 Å². The lowest BCUT2D eigenvalue weighted by Gasteiger charge is -2.21. The molecule has 0 amide bonds. The molecule has 38 heavy (non-hydrogen) atoms. The second kappa shape index (κ2) is 8.75. The van der Waals surface area contributed by atoms with Crippen LogP contribution in [0.4, 0.5) is 0 Å². The highest BCUT2D eigenvalue weighted by molar-refractivity contribution is 9.10. The maximum Gasteiger partial charge on any atom is 0.160 e. The van der Waals surface area contributed by atoms with E-state index in [0.717, 1.165) is 38.4 Å². The van der Waals surface area contributed by atoms with Crippen molar-refractivity contribution in [3.05, 3.63) is 131 Å². The Morgan fingerprint density at radius 1 is 0.526 bits per heavy atom. The van der Waals surface area contributed by atoms with Crippen molar-refractivity contribution < 1.29 is 0 Å². The van der Waals surface area contributed by atoms with Crippen molar-refractivity contribution in [1.29, 1.82) is 0 Å². The summed E-state index contributed by atoms with van der Waals surface area (Å²) in [6, 6.07) is 40.8. The highest BCUT2D eigenvalue weighted by Gasteiger charge is 2.35. The van der Waals surface area contributed by atoms with Crippen LogP contribution in [0.3, 0.4) is 0 Å². The molecule has 7 rings (SSSR count). The second-order valence-electron chi connectivity index (χ2n) is 10.5. The van der Waals surface area contributed by atoms with E-state index in [0.29, 0.717) is 0 Å². The zero-order chi connectivity index (χ0) is 25.9. The SMILES string of the molecule is CC1(C)c2ccccc2-c2cc(-c3cc(-c4ccc5cc(Br)ccc5c4)nc(-c4ccccc4)n3)ccc21. The van der Waals surface area contributed by atoms with Gasteiger partial charge in [-0.3, -0.25) is 0 Å². The molecule has 2 nitrogen and oxygen atoms in total. The molecular formula is C35H25BrN2. The van der Waals surface area contributed by atoms with E-state index in [2.05, 4.69) is 127 Å². The normalized spacial score (nSPS) is 13.3. The Kier molecular flexibility index (Phi) is 5.31. The zero-order valence-corrected chi connectivity index (χ0v) is 22.8. The Morgan fingerprint density at radius 2 is 1.16 bits per heavy atom. The summed E-state index contributed by atoms with van der Waals surface area (Å²) < 4.78 is 1.08. The molecule has 1 aromatic heterocycles. The summed E-state index contributed by atoms with van der Waals surface area (Å²) in [6.07, 6.45) is 0. The first-order valence-electron chi connectivity index (χ1n) is 12.9. The summed E-state index contributed by atoms with van der Waals surface area (Å²) in [6.45, 7) is 4.62. The second-order valence-corrected chi connectivity index (χ2v) is 11.4. The molecule has 1 heterocycles. The van der Waals surface area contributed by atoms with E-state index in [-0.39, 0.29) is 5.41 Å². The van der Waals surface area contributed by atoms with Gasteiger partial charge in [0.25, 0.3) is 0 Å². The average molecular weight is 554 g/mol. The van der Waals surface area contributed by atoms with Gasteiger partial charge < -0.3 is 0 Å². The van der Waals surface area contributed by atoms with E-state index in [1.165, 1.54) is 33.0 Å². The quantitative estimate of drug-likeness (QED) is 0.218. The van der Waals surface area contributed by atoms with Gasteiger partial charge in [-0.15, -0.1) is 0 Å². The molecule has 0 N–H and O–H groups in total. The Bertz CT molecular complexity index is 1850. The van der Waals surface area contributed by atoms with Gasteiger partial charge in [-0.2, -0.15) is 0 Å². The van der Waals surface area contributed by atoms with Gasteiger partial charge in [-0.1, -0.05) is 115 Å². The molecule has 1 aliphatic rings. The fourth-order valence-electron chi connectivity index (χ4n) is 5.71. The van der Waals surface area contributed by atoms with Crippen molar-refractivity contribution in [2.24, 2.45) is 0 Å². The predicted octanol–water partition coefficient (Wildman–Crippen LogP) is 9.70. The molecule has 6 aromatic rings. The summed E-state index contributed by atoms with van der Waals surface area (Å²) in [5, 5.41) is 2.38. The molecule has 0 saturated heterocycles. The molecule has 5 aromatic carbocycles. The van der Waals surface area contributed by atoms with Crippen molar-refractivity contribution in [3.63, 3.8) is 0 Å². The molecule has 3 heteroatoms. The van der Waals surface area contributed by atoms with E-state index in [9.17, 15) is 0 Å². The van der Waals surface area contributed by atoms with E-state index in [1.54, 1.807) is 0 Å². The van der Waals surface area contributed by atoms with Gasteiger partial charge in [0.1, 0.15) is 0 Å². The molecule has 0 saturated carbocycles. The minimum Gasteiger partial charge on any atom is -0.228 e. The van der Waals surface area contributed by atoms with E-state index in [4.69, 9.17) is 9.97 Å². The summed E-state index contributed by atoms with van der Waals surface area (Å²) in [5.41, 5.74) is 10.4. The Hall–Kier alpha value is -4.08. The maximum absolute atomic E-state index is 5.07. The predicted molar refractivity (Wildman–Crippen MR) is 161 cm³/mol. The smallest absolute Gasteiger partial charge is 0.160 e. The number of nitrogens with zero attached hydrogens (tertiary/aromatic N) is 2. The monoisotopic (exact) mass is 552 g/mol. The van der Waals surface area contributed by atoms with Crippen molar-refractivity contribution >= 4 is 26.7 Å². The van der Waals surface area contributed by atoms with Crippen LogP contribution in [0.15, 0.2) is 120 Å². The Balaban J connectivity index is 1.42. The summed E-state index contributed by atoms with van der Waals surface area (Å²) in [4.78, 5) is 10.1. The maximum atomic E-state index is 5.07. The van der Waals surface area contributed by atoms with Gasteiger partial charge in [-0.05, 0) is 63.4 Å². The summed E-state index contributed by atoms with van der Waals surface area (Å²) in [7, 11) is 0. The van der Waals surface area contributed by atoms with Crippen LogP contribution >= 0.6 is 15.9 Å². The van der Waals surface area contributed by atoms with Crippen LogP contribution in [-0.4, -0.2) is 9.97 Å². The number of aromatic nitrogens is 2. The fraction of sp³-hybridized carbons (Fsp3) is 0.0857.